The molecule has 2 heterocycles. The van der Waals surface area contributed by atoms with E-state index in [1.54, 1.807) is 19.4 Å². The lowest BCUT2D eigenvalue weighted by Gasteiger charge is -2.17. The van der Waals surface area contributed by atoms with E-state index in [-0.39, 0.29) is 11.5 Å². The molecule has 0 saturated carbocycles. The third kappa shape index (κ3) is 4.41. The number of aromatic nitrogens is 3. The standard InChI is InChI=1S/C29H34N4O2/c1-17(2)24-15-25(19(5)13-27(24)35-8)28-31-26-12-10-9-11-23(26)29(34)33(28)30-16-22-14-20(6)32(18(3)4)21(22)7/h9-18H,1-8H3. The highest BCUT2D eigenvalue weighted by atomic mass is 16.5. The van der Waals surface area contributed by atoms with Gasteiger partial charge in [-0.1, -0.05) is 26.0 Å². The molecule has 182 valence electrons. The number of hydrogen-bond donors (Lipinski definition) is 0. The summed E-state index contributed by atoms with van der Waals surface area (Å²) in [6.45, 7) is 14.8. The van der Waals surface area contributed by atoms with Crippen molar-refractivity contribution in [2.45, 2.75) is 60.4 Å². The maximum atomic E-state index is 13.6. The Morgan fingerprint density at radius 3 is 2.37 bits per heavy atom. The molecule has 0 N–H and O–H groups in total. The highest BCUT2D eigenvalue weighted by Crippen LogP contribution is 2.34. The number of rotatable bonds is 6. The fourth-order valence-electron chi connectivity index (χ4n) is 4.82. The lowest BCUT2D eigenvalue weighted by molar-refractivity contribution is 0.407. The van der Waals surface area contributed by atoms with Gasteiger partial charge < -0.3 is 9.30 Å². The van der Waals surface area contributed by atoms with Gasteiger partial charge in [0, 0.05) is 28.6 Å². The predicted molar refractivity (Wildman–Crippen MR) is 144 cm³/mol. The summed E-state index contributed by atoms with van der Waals surface area (Å²) in [5, 5.41) is 5.25. The molecule has 6 nitrogen and oxygen atoms in total. The Morgan fingerprint density at radius 1 is 1.03 bits per heavy atom. The van der Waals surface area contributed by atoms with Crippen molar-refractivity contribution in [3.63, 3.8) is 0 Å². The molecule has 0 amide bonds. The summed E-state index contributed by atoms with van der Waals surface area (Å²) in [6, 6.07) is 13.9. The van der Waals surface area contributed by atoms with Crippen LogP contribution in [0.3, 0.4) is 0 Å². The summed E-state index contributed by atoms with van der Waals surface area (Å²) >= 11 is 0. The molecule has 2 aromatic carbocycles. The van der Waals surface area contributed by atoms with Crippen LogP contribution < -0.4 is 10.3 Å². The van der Waals surface area contributed by atoms with Crippen molar-refractivity contribution >= 4 is 17.1 Å². The summed E-state index contributed by atoms with van der Waals surface area (Å²) in [4.78, 5) is 18.6. The first-order chi connectivity index (χ1) is 16.6. The van der Waals surface area contributed by atoms with E-state index in [9.17, 15) is 4.79 Å². The van der Waals surface area contributed by atoms with Crippen LogP contribution in [0.15, 0.2) is 52.4 Å². The summed E-state index contributed by atoms with van der Waals surface area (Å²) in [6.07, 6.45) is 1.77. The van der Waals surface area contributed by atoms with Crippen LogP contribution >= 0.6 is 0 Å². The van der Waals surface area contributed by atoms with Crippen LogP contribution in [0.5, 0.6) is 5.75 Å². The zero-order chi connectivity index (χ0) is 25.4. The normalized spacial score (nSPS) is 11.9. The topological polar surface area (TPSA) is 61.4 Å². The molecule has 0 radical (unpaired) electrons. The fraction of sp³-hybridized carbons (Fsp3) is 0.345. The molecular weight excluding hydrogens is 436 g/mol. The van der Waals surface area contributed by atoms with E-state index in [4.69, 9.17) is 14.8 Å². The largest absolute Gasteiger partial charge is 0.496 e. The van der Waals surface area contributed by atoms with Gasteiger partial charge in [0.25, 0.3) is 5.56 Å². The summed E-state index contributed by atoms with van der Waals surface area (Å²) in [7, 11) is 1.68. The van der Waals surface area contributed by atoms with Crippen molar-refractivity contribution in [1.29, 1.82) is 0 Å². The Kier molecular flexibility index (Phi) is 6.66. The Balaban J connectivity index is 1.98. The van der Waals surface area contributed by atoms with E-state index in [0.717, 1.165) is 39.4 Å². The average Bonchev–Trinajstić information content (AvgIpc) is 3.10. The third-order valence-electron chi connectivity index (χ3n) is 6.55. The van der Waals surface area contributed by atoms with Crippen LogP contribution in [0.25, 0.3) is 22.3 Å². The Hall–Kier alpha value is -3.67. The lowest BCUT2D eigenvalue weighted by atomic mass is 9.96. The maximum Gasteiger partial charge on any atom is 0.282 e. The Labute approximate surface area is 206 Å². The van der Waals surface area contributed by atoms with Crippen molar-refractivity contribution in [2.75, 3.05) is 7.11 Å². The summed E-state index contributed by atoms with van der Waals surface area (Å²) < 4.78 is 9.34. The van der Waals surface area contributed by atoms with Crippen LogP contribution in [0.2, 0.25) is 0 Å². The molecule has 0 bridgehead atoms. The molecule has 35 heavy (non-hydrogen) atoms. The molecule has 4 rings (SSSR count). The van der Waals surface area contributed by atoms with Crippen molar-refractivity contribution in [1.82, 2.24) is 14.2 Å². The number of aryl methyl sites for hydroxylation is 2. The summed E-state index contributed by atoms with van der Waals surface area (Å²) in [5.41, 5.74) is 6.61. The highest BCUT2D eigenvalue weighted by Gasteiger charge is 2.18. The van der Waals surface area contributed by atoms with Gasteiger partial charge in [-0.15, -0.1) is 0 Å². The minimum Gasteiger partial charge on any atom is -0.496 e. The minimum atomic E-state index is -0.194. The van der Waals surface area contributed by atoms with E-state index in [0.29, 0.717) is 22.8 Å². The smallest absolute Gasteiger partial charge is 0.282 e. The molecule has 0 saturated heterocycles. The van der Waals surface area contributed by atoms with Crippen LogP contribution in [-0.2, 0) is 0 Å². The van der Waals surface area contributed by atoms with Crippen LogP contribution in [0, 0.1) is 20.8 Å². The number of methoxy groups -OCH3 is 1. The second kappa shape index (κ2) is 9.53. The maximum absolute atomic E-state index is 13.6. The van der Waals surface area contributed by atoms with Gasteiger partial charge in [0.05, 0.1) is 24.2 Å². The molecule has 0 aliphatic rings. The molecule has 0 unspecified atom stereocenters. The van der Waals surface area contributed by atoms with Crippen molar-refractivity contribution < 1.29 is 4.74 Å². The van der Waals surface area contributed by atoms with E-state index in [1.165, 1.54) is 4.68 Å². The molecule has 0 spiro atoms. The first kappa shape index (κ1) is 24.5. The van der Waals surface area contributed by atoms with Gasteiger partial charge in [-0.25, -0.2) is 4.98 Å². The SMILES string of the molecule is COc1cc(C)c(-c2nc3ccccc3c(=O)n2N=Cc2cc(C)n(C(C)C)c2C)cc1C(C)C. The monoisotopic (exact) mass is 470 g/mol. The number of ether oxygens (including phenoxy) is 1. The molecule has 6 heteroatoms. The number of para-hydroxylation sites is 1. The minimum absolute atomic E-state index is 0.194. The molecule has 2 aromatic heterocycles. The van der Waals surface area contributed by atoms with Gasteiger partial charge in [0.1, 0.15) is 5.75 Å². The van der Waals surface area contributed by atoms with Gasteiger partial charge >= 0.3 is 0 Å². The van der Waals surface area contributed by atoms with Crippen LogP contribution in [0.4, 0.5) is 0 Å². The van der Waals surface area contributed by atoms with Crippen LogP contribution in [0.1, 0.15) is 67.7 Å². The first-order valence-corrected chi connectivity index (χ1v) is 12.1. The third-order valence-corrected chi connectivity index (χ3v) is 6.55. The predicted octanol–water partition coefficient (Wildman–Crippen LogP) is 6.39. The van der Waals surface area contributed by atoms with Gasteiger partial charge in [-0.2, -0.15) is 9.78 Å². The average molecular weight is 471 g/mol. The van der Waals surface area contributed by atoms with E-state index in [2.05, 4.69) is 58.2 Å². The zero-order valence-corrected chi connectivity index (χ0v) is 21.9. The number of fused-ring (bicyclic) bond motifs is 1. The fourth-order valence-corrected chi connectivity index (χ4v) is 4.82. The first-order valence-electron chi connectivity index (χ1n) is 12.1. The van der Waals surface area contributed by atoms with E-state index in [1.807, 2.05) is 31.2 Å². The van der Waals surface area contributed by atoms with Gasteiger partial charge in [-0.3, -0.25) is 4.79 Å². The van der Waals surface area contributed by atoms with E-state index >= 15 is 0 Å². The van der Waals surface area contributed by atoms with Crippen molar-refractivity contribution in [3.05, 3.63) is 80.9 Å². The van der Waals surface area contributed by atoms with Gasteiger partial charge in [-0.05, 0) is 82.0 Å². The second-order valence-corrected chi connectivity index (χ2v) is 9.67. The number of hydrogen-bond acceptors (Lipinski definition) is 4. The quantitative estimate of drug-likeness (QED) is 0.307. The molecule has 0 aliphatic heterocycles. The highest BCUT2D eigenvalue weighted by molar-refractivity contribution is 5.83. The molecular formula is C29H34N4O2. The number of benzene rings is 2. The molecule has 0 fully saturated rings. The lowest BCUT2D eigenvalue weighted by Crippen LogP contribution is -2.21. The molecule has 0 aliphatic carbocycles. The second-order valence-electron chi connectivity index (χ2n) is 9.67. The van der Waals surface area contributed by atoms with Gasteiger partial charge in [0.2, 0.25) is 0 Å². The Bertz CT molecular complexity index is 1490. The molecule has 4 aromatic rings. The Morgan fingerprint density at radius 2 is 1.74 bits per heavy atom. The number of nitrogens with zero attached hydrogens (tertiary/aromatic N) is 4. The van der Waals surface area contributed by atoms with Crippen molar-refractivity contribution in [3.8, 4) is 17.1 Å². The van der Waals surface area contributed by atoms with Crippen LogP contribution in [-0.4, -0.2) is 27.6 Å². The zero-order valence-electron chi connectivity index (χ0n) is 21.9. The van der Waals surface area contributed by atoms with Crippen molar-refractivity contribution in [2.24, 2.45) is 5.10 Å². The van der Waals surface area contributed by atoms with Gasteiger partial charge in [0.15, 0.2) is 5.82 Å². The summed E-state index contributed by atoms with van der Waals surface area (Å²) in [5.74, 6) is 1.60. The molecule has 0 atom stereocenters. The van der Waals surface area contributed by atoms with E-state index < -0.39 is 0 Å².